The van der Waals surface area contributed by atoms with Crippen LogP contribution in [-0.4, -0.2) is 13.2 Å². The second-order valence-corrected chi connectivity index (χ2v) is 4.16. The van der Waals surface area contributed by atoms with Gasteiger partial charge in [-0.15, -0.1) is 0 Å². The SMILES string of the molecule is Cc1cccc2c1OCCOC2(C)C. The van der Waals surface area contributed by atoms with Gasteiger partial charge in [-0.3, -0.25) is 0 Å². The van der Waals surface area contributed by atoms with E-state index in [1.54, 1.807) is 0 Å². The predicted octanol–water partition coefficient (Wildman–Crippen LogP) is 2.64. The van der Waals surface area contributed by atoms with Crippen molar-refractivity contribution in [1.29, 1.82) is 0 Å². The molecule has 0 fully saturated rings. The van der Waals surface area contributed by atoms with E-state index in [4.69, 9.17) is 9.47 Å². The minimum Gasteiger partial charge on any atom is -0.491 e. The molecule has 1 heterocycles. The predicted molar refractivity (Wildman–Crippen MR) is 55.7 cm³/mol. The van der Waals surface area contributed by atoms with Crippen molar-refractivity contribution in [3.05, 3.63) is 29.3 Å². The van der Waals surface area contributed by atoms with Crippen LogP contribution in [0.5, 0.6) is 5.75 Å². The van der Waals surface area contributed by atoms with Gasteiger partial charge >= 0.3 is 0 Å². The molecule has 0 radical (unpaired) electrons. The molecule has 2 nitrogen and oxygen atoms in total. The van der Waals surface area contributed by atoms with Crippen molar-refractivity contribution in [3.63, 3.8) is 0 Å². The lowest BCUT2D eigenvalue weighted by Gasteiger charge is -2.24. The lowest BCUT2D eigenvalue weighted by molar-refractivity contribution is -0.0211. The zero-order valence-corrected chi connectivity index (χ0v) is 8.96. The topological polar surface area (TPSA) is 18.5 Å². The fourth-order valence-corrected chi connectivity index (χ4v) is 1.84. The van der Waals surface area contributed by atoms with Crippen LogP contribution in [0.2, 0.25) is 0 Å². The van der Waals surface area contributed by atoms with E-state index in [2.05, 4.69) is 32.9 Å². The summed E-state index contributed by atoms with van der Waals surface area (Å²) in [7, 11) is 0. The number of hydrogen-bond donors (Lipinski definition) is 0. The first-order valence-electron chi connectivity index (χ1n) is 4.98. The van der Waals surface area contributed by atoms with Gasteiger partial charge in [-0.05, 0) is 26.3 Å². The Morgan fingerprint density at radius 1 is 1.21 bits per heavy atom. The molecule has 1 aliphatic rings. The summed E-state index contributed by atoms with van der Waals surface area (Å²) < 4.78 is 11.4. The number of aryl methyl sites for hydroxylation is 1. The van der Waals surface area contributed by atoms with Gasteiger partial charge in [-0.25, -0.2) is 0 Å². The monoisotopic (exact) mass is 192 g/mol. The standard InChI is InChI=1S/C12H16O2/c1-9-5-4-6-10-11(9)13-7-8-14-12(10,2)3/h4-6H,7-8H2,1-3H3. The molecule has 2 rings (SSSR count). The highest BCUT2D eigenvalue weighted by molar-refractivity contribution is 5.44. The van der Waals surface area contributed by atoms with E-state index in [1.165, 1.54) is 5.56 Å². The van der Waals surface area contributed by atoms with Gasteiger partial charge in [-0.1, -0.05) is 18.2 Å². The normalized spacial score (nSPS) is 19.4. The summed E-state index contributed by atoms with van der Waals surface area (Å²) in [5.41, 5.74) is 2.09. The molecule has 1 aliphatic heterocycles. The summed E-state index contributed by atoms with van der Waals surface area (Å²) in [4.78, 5) is 0. The highest BCUT2D eigenvalue weighted by Gasteiger charge is 2.28. The molecule has 76 valence electrons. The maximum absolute atomic E-state index is 5.75. The summed E-state index contributed by atoms with van der Waals surface area (Å²) in [5, 5.41) is 0. The van der Waals surface area contributed by atoms with Crippen LogP contribution < -0.4 is 4.74 Å². The van der Waals surface area contributed by atoms with Crippen molar-refractivity contribution >= 4 is 0 Å². The molecule has 0 aromatic heterocycles. The van der Waals surface area contributed by atoms with E-state index < -0.39 is 0 Å². The number of rotatable bonds is 0. The van der Waals surface area contributed by atoms with Crippen molar-refractivity contribution in [1.82, 2.24) is 0 Å². The summed E-state index contributed by atoms with van der Waals surface area (Å²) in [6, 6.07) is 6.20. The average molecular weight is 192 g/mol. The molecule has 1 aromatic rings. The van der Waals surface area contributed by atoms with Gasteiger partial charge in [-0.2, -0.15) is 0 Å². The van der Waals surface area contributed by atoms with E-state index in [0.717, 1.165) is 11.3 Å². The zero-order chi connectivity index (χ0) is 10.2. The van der Waals surface area contributed by atoms with Crippen LogP contribution in [0.4, 0.5) is 0 Å². The quantitative estimate of drug-likeness (QED) is 0.629. The Morgan fingerprint density at radius 2 is 2.00 bits per heavy atom. The molecule has 14 heavy (non-hydrogen) atoms. The van der Waals surface area contributed by atoms with Gasteiger partial charge in [0.15, 0.2) is 0 Å². The molecular weight excluding hydrogens is 176 g/mol. The molecule has 0 atom stereocenters. The van der Waals surface area contributed by atoms with E-state index in [1.807, 2.05) is 6.07 Å². The summed E-state index contributed by atoms with van der Waals surface area (Å²) in [6.07, 6.45) is 0. The third kappa shape index (κ3) is 1.50. The van der Waals surface area contributed by atoms with Gasteiger partial charge in [0.25, 0.3) is 0 Å². The Hall–Kier alpha value is -1.02. The maximum Gasteiger partial charge on any atom is 0.128 e. The number of fused-ring (bicyclic) bond motifs is 1. The first kappa shape index (κ1) is 9.53. The molecule has 0 saturated heterocycles. The largest absolute Gasteiger partial charge is 0.491 e. The molecular formula is C12H16O2. The second kappa shape index (κ2) is 3.28. The molecule has 1 aromatic carbocycles. The molecule has 0 saturated carbocycles. The lowest BCUT2D eigenvalue weighted by Crippen LogP contribution is -2.21. The molecule has 0 amide bonds. The van der Waals surface area contributed by atoms with E-state index in [-0.39, 0.29) is 5.60 Å². The average Bonchev–Trinajstić information content (AvgIpc) is 2.27. The summed E-state index contributed by atoms with van der Waals surface area (Å²) in [5.74, 6) is 0.995. The Morgan fingerprint density at radius 3 is 2.79 bits per heavy atom. The fourth-order valence-electron chi connectivity index (χ4n) is 1.84. The van der Waals surface area contributed by atoms with Crippen molar-refractivity contribution in [2.75, 3.05) is 13.2 Å². The van der Waals surface area contributed by atoms with Crippen LogP contribution in [0.3, 0.4) is 0 Å². The maximum atomic E-state index is 5.75. The molecule has 0 unspecified atom stereocenters. The van der Waals surface area contributed by atoms with Crippen molar-refractivity contribution in [3.8, 4) is 5.75 Å². The number of benzene rings is 1. The van der Waals surface area contributed by atoms with E-state index >= 15 is 0 Å². The van der Waals surface area contributed by atoms with Gasteiger partial charge in [0, 0.05) is 5.56 Å². The minimum absolute atomic E-state index is 0.238. The van der Waals surface area contributed by atoms with E-state index in [0.29, 0.717) is 13.2 Å². The van der Waals surface area contributed by atoms with Crippen LogP contribution in [0.25, 0.3) is 0 Å². The number of ether oxygens (including phenoxy) is 2. The summed E-state index contributed by atoms with van der Waals surface area (Å²) >= 11 is 0. The minimum atomic E-state index is -0.238. The Bertz CT molecular complexity index is 342. The fraction of sp³-hybridized carbons (Fsp3) is 0.500. The molecule has 0 bridgehead atoms. The van der Waals surface area contributed by atoms with Gasteiger partial charge in [0.2, 0.25) is 0 Å². The first-order valence-corrected chi connectivity index (χ1v) is 4.98. The number of para-hydroxylation sites is 1. The molecule has 0 aliphatic carbocycles. The van der Waals surface area contributed by atoms with Crippen LogP contribution in [-0.2, 0) is 10.3 Å². The van der Waals surface area contributed by atoms with Crippen molar-refractivity contribution in [2.45, 2.75) is 26.4 Å². The second-order valence-electron chi connectivity index (χ2n) is 4.16. The lowest BCUT2D eigenvalue weighted by atomic mass is 9.95. The van der Waals surface area contributed by atoms with Crippen LogP contribution in [0.15, 0.2) is 18.2 Å². The zero-order valence-electron chi connectivity index (χ0n) is 8.96. The van der Waals surface area contributed by atoms with Crippen LogP contribution in [0, 0.1) is 6.92 Å². The van der Waals surface area contributed by atoms with E-state index in [9.17, 15) is 0 Å². The molecule has 2 heteroatoms. The van der Waals surface area contributed by atoms with Crippen molar-refractivity contribution < 1.29 is 9.47 Å². The van der Waals surface area contributed by atoms with Crippen LogP contribution in [0.1, 0.15) is 25.0 Å². The third-order valence-corrected chi connectivity index (χ3v) is 2.65. The smallest absolute Gasteiger partial charge is 0.128 e. The Balaban J connectivity index is 2.56. The first-order chi connectivity index (χ1) is 6.61. The molecule has 0 N–H and O–H groups in total. The number of hydrogen-bond acceptors (Lipinski definition) is 2. The highest BCUT2D eigenvalue weighted by atomic mass is 16.5. The summed E-state index contributed by atoms with van der Waals surface area (Å²) in [6.45, 7) is 7.53. The third-order valence-electron chi connectivity index (χ3n) is 2.65. The van der Waals surface area contributed by atoms with Gasteiger partial charge in [0.1, 0.15) is 12.4 Å². The van der Waals surface area contributed by atoms with Crippen LogP contribution >= 0.6 is 0 Å². The Kier molecular flexibility index (Phi) is 2.23. The van der Waals surface area contributed by atoms with Gasteiger partial charge in [0.05, 0.1) is 12.2 Å². The van der Waals surface area contributed by atoms with Crippen molar-refractivity contribution in [2.24, 2.45) is 0 Å². The Labute approximate surface area is 84.8 Å². The molecule has 0 spiro atoms. The highest BCUT2D eigenvalue weighted by Crippen LogP contribution is 2.36. The van der Waals surface area contributed by atoms with Gasteiger partial charge < -0.3 is 9.47 Å².